The van der Waals surface area contributed by atoms with Gasteiger partial charge in [-0.2, -0.15) is 0 Å². The minimum atomic E-state index is 0.535. The first-order valence-corrected chi connectivity index (χ1v) is 6.68. The molecular formula is C13H28N2. The van der Waals surface area contributed by atoms with Crippen molar-refractivity contribution in [2.75, 3.05) is 0 Å². The smallest absolute Gasteiger partial charge is 0.0215 e. The van der Waals surface area contributed by atoms with Crippen molar-refractivity contribution in [1.29, 1.82) is 0 Å². The molecule has 1 rings (SSSR count). The Hall–Kier alpha value is -0.0800. The fourth-order valence-electron chi connectivity index (χ4n) is 2.80. The van der Waals surface area contributed by atoms with E-state index in [1.807, 2.05) is 0 Å². The lowest BCUT2D eigenvalue weighted by atomic mass is 9.89. The molecule has 3 N–H and O–H groups in total. The third-order valence-electron chi connectivity index (χ3n) is 3.58. The van der Waals surface area contributed by atoms with Crippen LogP contribution in [0.5, 0.6) is 0 Å². The minimum Gasteiger partial charge on any atom is -0.271 e. The fraction of sp³-hybridized carbons (Fsp3) is 1.00. The molecule has 0 bridgehead atoms. The zero-order valence-corrected chi connectivity index (χ0v) is 10.5. The molecular weight excluding hydrogens is 184 g/mol. The summed E-state index contributed by atoms with van der Waals surface area (Å²) in [4.78, 5) is 0. The lowest BCUT2D eigenvalue weighted by Crippen LogP contribution is -2.37. The normalized spacial score (nSPS) is 21.6. The summed E-state index contributed by atoms with van der Waals surface area (Å²) in [5.74, 6) is 7.30. The minimum absolute atomic E-state index is 0.535. The van der Waals surface area contributed by atoms with Crippen molar-refractivity contribution in [2.45, 2.75) is 71.3 Å². The van der Waals surface area contributed by atoms with E-state index in [9.17, 15) is 0 Å². The molecule has 0 amide bonds. The Morgan fingerprint density at radius 3 is 2.20 bits per heavy atom. The third kappa shape index (κ3) is 5.53. The number of hydrazine groups is 1. The van der Waals surface area contributed by atoms with E-state index in [1.165, 1.54) is 51.4 Å². The van der Waals surface area contributed by atoms with Crippen molar-refractivity contribution < 1.29 is 0 Å². The van der Waals surface area contributed by atoms with Crippen LogP contribution in [-0.2, 0) is 0 Å². The van der Waals surface area contributed by atoms with Gasteiger partial charge in [0, 0.05) is 6.04 Å². The monoisotopic (exact) mass is 212 g/mol. The second kappa shape index (κ2) is 7.24. The topological polar surface area (TPSA) is 38.0 Å². The predicted molar refractivity (Wildman–Crippen MR) is 66.4 cm³/mol. The highest BCUT2D eigenvalue weighted by Crippen LogP contribution is 2.27. The molecule has 0 heterocycles. The van der Waals surface area contributed by atoms with Crippen molar-refractivity contribution in [2.24, 2.45) is 17.7 Å². The Labute approximate surface area is 95.0 Å². The molecule has 0 aromatic heterocycles. The van der Waals surface area contributed by atoms with Crippen LogP contribution in [0.4, 0.5) is 0 Å². The molecule has 2 heteroatoms. The van der Waals surface area contributed by atoms with Gasteiger partial charge in [0.25, 0.3) is 0 Å². The maximum atomic E-state index is 5.63. The van der Waals surface area contributed by atoms with Crippen molar-refractivity contribution in [3.8, 4) is 0 Å². The summed E-state index contributed by atoms with van der Waals surface area (Å²) in [7, 11) is 0. The first-order chi connectivity index (χ1) is 7.22. The van der Waals surface area contributed by atoms with Gasteiger partial charge in [0.2, 0.25) is 0 Å². The molecule has 0 aromatic rings. The van der Waals surface area contributed by atoms with Crippen LogP contribution in [0.15, 0.2) is 0 Å². The van der Waals surface area contributed by atoms with Crippen molar-refractivity contribution in [3.63, 3.8) is 0 Å². The van der Waals surface area contributed by atoms with Gasteiger partial charge >= 0.3 is 0 Å². The lowest BCUT2D eigenvalue weighted by molar-refractivity contribution is 0.319. The summed E-state index contributed by atoms with van der Waals surface area (Å²) < 4.78 is 0. The molecule has 0 radical (unpaired) electrons. The van der Waals surface area contributed by atoms with Crippen molar-refractivity contribution >= 4 is 0 Å². The zero-order chi connectivity index (χ0) is 11.1. The van der Waals surface area contributed by atoms with Crippen LogP contribution >= 0.6 is 0 Å². The molecule has 0 saturated heterocycles. The van der Waals surface area contributed by atoms with E-state index < -0.39 is 0 Å². The number of rotatable bonds is 5. The van der Waals surface area contributed by atoms with E-state index in [4.69, 9.17) is 5.84 Å². The van der Waals surface area contributed by atoms with Crippen LogP contribution in [0, 0.1) is 11.8 Å². The Morgan fingerprint density at radius 2 is 1.73 bits per heavy atom. The molecule has 1 atom stereocenters. The van der Waals surface area contributed by atoms with E-state index in [0.717, 1.165) is 11.8 Å². The highest BCUT2D eigenvalue weighted by atomic mass is 15.2. The summed E-state index contributed by atoms with van der Waals surface area (Å²) in [6, 6.07) is 0.535. The van der Waals surface area contributed by atoms with Gasteiger partial charge in [-0.1, -0.05) is 52.4 Å². The molecule has 0 spiro atoms. The van der Waals surface area contributed by atoms with Crippen molar-refractivity contribution in [1.82, 2.24) is 5.43 Å². The third-order valence-corrected chi connectivity index (χ3v) is 3.58. The number of hydrogen-bond donors (Lipinski definition) is 2. The molecule has 0 aromatic carbocycles. The van der Waals surface area contributed by atoms with Gasteiger partial charge in [-0.05, 0) is 24.7 Å². The largest absolute Gasteiger partial charge is 0.271 e. The Bertz CT molecular complexity index is 149. The molecule has 1 saturated carbocycles. The molecule has 0 aliphatic heterocycles. The Kier molecular flexibility index (Phi) is 6.26. The molecule has 1 unspecified atom stereocenters. The van der Waals surface area contributed by atoms with Gasteiger partial charge in [0.15, 0.2) is 0 Å². The zero-order valence-electron chi connectivity index (χ0n) is 10.5. The first kappa shape index (κ1) is 13.0. The molecule has 2 nitrogen and oxygen atoms in total. The van der Waals surface area contributed by atoms with Gasteiger partial charge in [0.1, 0.15) is 0 Å². The van der Waals surface area contributed by atoms with Crippen LogP contribution in [0.3, 0.4) is 0 Å². The Morgan fingerprint density at radius 1 is 1.13 bits per heavy atom. The van der Waals surface area contributed by atoms with Crippen LogP contribution in [0.1, 0.15) is 65.2 Å². The van der Waals surface area contributed by atoms with E-state index in [-0.39, 0.29) is 0 Å². The Balaban J connectivity index is 2.28. The highest BCUT2D eigenvalue weighted by Gasteiger charge is 2.17. The summed E-state index contributed by atoms with van der Waals surface area (Å²) in [6.07, 6.45) is 11.1. The first-order valence-electron chi connectivity index (χ1n) is 6.68. The molecule has 90 valence electrons. The van der Waals surface area contributed by atoms with Crippen LogP contribution in [-0.4, -0.2) is 6.04 Å². The van der Waals surface area contributed by atoms with E-state index in [2.05, 4.69) is 19.3 Å². The number of nitrogens with two attached hydrogens (primary N) is 1. The van der Waals surface area contributed by atoms with E-state index in [1.54, 1.807) is 0 Å². The van der Waals surface area contributed by atoms with Gasteiger partial charge in [-0.25, -0.2) is 0 Å². The van der Waals surface area contributed by atoms with Gasteiger partial charge in [0.05, 0.1) is 0 Å². The van der Waals surface area contributed by atoms with Gasteiger partial charge < -0.3 is 0 Å². The summed E-state index contributed by atoms with van der Waals surface area (Å²) in [5.41, 5.74) is 3.00. The molecule has 1 fully saturated rings. The SMILES string of the molecule is CC(C)CC(CC1CCCCCC1)NN. The second-order valence-corrected chi connectivity index (χ2v) is 5.59. The quantitative estimate of drug-likeness (QED) is 0.417. The van der Waals surface area contributed by atoms with Crippen LogP contribution in [0.25, 0.3) is 0 Å². The number of nitrogens with one attached hydrogen (secondary N) is 1. The molecule has 1 aliphatic rings. The van der Waals surface area contributed by atoms with Crippen LogP contribution < -0.4 is 11.3 Å². The van der Waals surface area contributed by atoms with E-state index >= 15 is 0 Å². The molecule has 15 heavy (non-hydrogen) atoms. The molecule has 1 aliphatic carbocycles. The lowest BCUT2D eigenvalue weighted by Gasteiger charge is -2.23. The second-order valence-electron chi connectivity index (χ2n) is 5.59. The predicted octanol–water partition coefficient (Wildman–Crippen LogP) is 3.22. The fourth-order valence-corrected chi connectivity index (χ4v) is 2.80. The van der Waals surface area contributed by atoms with Crippen molar-refractivity contribution in [3.05, 3.63) is 0 Å². The summed E-state index contributed by atoms with van der Waals surface area (Å²) in [5, 5.41) is 0. The number of hydrogen-bond acceptors (Lipinski definition) is 2. The maximum absolute atomic E-state index is 5.63. The van der Waals surface area contributed by atoms with Gasteiger partial charge in [-0.3, -0.25) is 11.3 Å². The van der Waals surface area contributed by atoms with E-state index in [0.29, 0.717) is 6.04 Å². The average molecular weight is 212 g/mol. The average Bonchev–Trinajstić information content (AvgIpc) is 2.44. The summed E-state index contributed by atoms with van der Waals surface area (Å²) in [6.45, 7) is 4.55. The highest BCUT2D eigenvalue weighted by molar-refractivity contribution is 4.73. The maximum Gasteiger partial charge on any atom is 0.0215 e. The standard InChI is InChI=1S/C13H28N2/c1-11(2)9-13(15-14)10-12-7-5-3-4-6-8-12/h11-13,15H,3-10,14H2,1-2H3. The van der Waals surface area contributed by atoms with Crippen LogP contribution in [0.2, 0.25) is 0 Å². The summed E-state index contributed by atoms with van der Waals surface area (Å²) >= 11 is 0. The van der Waals surface area contributed by atoms with Gasteiger partial charge in [-0.15, -0.1) is 0 Å².